The van der Waals surface area contributed by atoms with Crippen LogP contribution in [-0.2, 0) is 13.6 Å². The van der Waals surface area contributed by atoms with Crippen LogP contribution in [-0.4, -0.2) is 10.5 Å². The van der Waals surface area contributed by atoms with Crippen molar-refractivity contribution < 1.29 is 9.21 Å². The molecule has 0 aliphatic rings. The van der Waals surface area contributed by atoms with E-state index < -0.39 is 5.76 Å². The van der Waals surface area contributed by atoms with Gasteiger partial charge in [-0.25, -0.2) is 4.79 Å². The van der Waals surface area contributed by atoms with Gasteiger partial charge < -0.3 is 9.73 Å². The van der Waals surface area contributed by atoms with Crippen LogP contribution in [0.2, 0.25) is 5.02 Å². The normalized spacial score (nSPS) is 10.8. The van der Waals surface area contributed by atoms with E-state index in [0.717, 1.165) is 5.56 Å². The molecule has 0 spiro atoms. The minimum absolute atomic E-state index is 0.233. The minimum Gasteiger partial charge on any atom is -0.408 e. The van der Waals surface area contributed by atoms with E-state index in [9.17, 15) is 9.59 Å². The maximum Gasteiger partial charge on any atom is 0.419 e. The summed E-state index contributed by atoms with van der Waals surface area (Å²) in [5, 5.41) is 3.46. The van der Waals surface area contributed by atoms with E-state index in [-0.39, 0.29) is 5.91 Å². The Hall–Kier alpha value is -2.53. The molecule has 112 valence electrons. The molecule has 0 fully saturated rings. The smallest absolute Gasteiger partial charge is 0.408 e. The van der Waals surface area contributed by atoms with Gasteiger partial charge in [0.05, 0.1) is 5.52 Å². The molecule has 5 nitrogen and oxygen atoms in total. The molecule has 1 N–H and O–H groups in total. The Morgan fingerprint density at radius 1 is 1.23 bits per heavy atom. The molecule has 0 bridgehead atoms. The largest absolute Gasteiger partial charge is 0.419 e. The molecule has 1 heterocycles. The van der Waals surface area contributed by atoms with Gasteiger partial charge >= 0.3 is 5.76 Å². The number of aromatic nitrogens is 1. The quantitative estimate of drug-likeness (QED) is 0.808. The second kappa shape index (κ2) is 5.69. The molecular weight excluding hydrogens is 304 g/mol. The second-order valence-corrected chi connectivity index (χ2v) is 5.36. The minimum atomic E-state index is -0.450. The molecule has 0 saturated heterocycles. The molecule has 22 heavy (non-hydrogen) atoms. The van der Waals surface area contributed by atoms with Crippen molar-refractivity contribution in [3.05, 3.63) is 69.2 Å². The first-order valence-corrected chi connectivity index (χ1v) is 7.04. The fourth-order valence-electron chi connectivity index (χ4n) is 2.16. The Morgan fingerprint density at radius 3 is 2.68 bits per heavy atom. The molecule has 0 aliphatic carbocycles. The topological polar surface area (TPSA) is 64.2 Å². The highest BCUT2D eigenvalue weighted by molar-refractivity contribution is 6.30. The standard InChI is InChI=1S/C16H13ClN2O3/c1-19-13-7-4-11(8-14(13)22-16(19)21)15(20)18-9-10-2-5-12(17)6-3-10/h2-8H,9H2,1H3,(H,18,20). The van der Waals surface area contributed by atoms with Crippen molar-refractivity contribution in [2.24, 2.45) is 7.05 Å². The highest BCUT2D eigenvalue weighted by Crippen LogP contribution is 2.14. The summed E-state index contributed by atoms with van der Waals surface area (Å²) in [6.45, 7) is 0.396. The van der Waals surface area contributed by atoms with E-state index in [1.807, 2.05) is 12.1 Å². The fourth-order valence-corrected chi connectivity index (χ4v) is 2.29. The Labute approximate surface area is 131 Å². The van der Waals surface area contributed by atoms with E-state index in [4.69, 9.17) is 16.0 Å². The van der Waals surface area contributed by atoms with Gasteiger partial charge in [0.25, 0.3) is 5.91 Å². The molecule has 1 aromatic heterocycles. The first-order chi connectivity index (χ1) is 10.5. The lowest BCUT2D eigenvalue weighted by Gasteiger charge is -2.05. The first kappa shape index (κ1) is 14.4. The predicted molar refractivity (Wildman–Crippen MR) is 84.1 cm³/mol. The van der Waals surface area contributed by atoms with Gasteiger partial charge in [-0.1, -0.05) is 23.7 Å². The Bertz CT molecular complexity index is 894. The summed E-state index contributed by atoms with van der Waals surface area (Å²) < 4.78 is 6.47. The molecule has 6 heteroatoms. The molecule has 0 saturated carbocycles. The van der Waals surface area contributed by atoms with Crippen LogP contribution < -0.4 is 11.1 Å². The molecule has 3 aromatic rings. The number of oxazole rings is 1. The van der Waals surface area contributed by atoms with Crippen molar-refractivity contribution in [1.82, 2.24) is 9.88 Å². The number of nitrogens with one attached hydrogen (secondary N) is 1. The molecule has 1 amide bonds. The summed E-state index contributed by atoms with van der Waals surface area (Å²) in [7, 11) is 1.62. The van der Waals surface area contributed by atoms with Crippen molar-refractivity contribution >= 4 is 28.6 Å². The summed E-state index contributed by atoms with van der Waals surface area (Å²) >= 11 is 5.82. The lowest BCUT2D eigenvalue weighted by molar-refractivity contribution is 0.0951. The highest BCUT2D eigenvalue weighted by Gasteiger charge is 2.10. The van der Waals surface area contributed by atoms with Crippen LogP contribution in [0.3, 0.4) is 0 Å². The van der Waals surface area contributed by atoms with Gasteiger partial charge in [-0.3, -0.25) is 9.36 Å². The number of carbonyl (C=O) groups excluding carboxylic acids is 1. The maximum atomic E-state index is 12.2. The van der Waals surface area contributed by atoms with Crippen LogP contribution in [0.1, 0.15) is 15.9 Å². The second-order valence-electron chi connectivity index (χ2n) is 4.92. The summed E-state index contributed by atoms with van der Waals surface area (Å²) in [4.78, 5) is 23.6. The van der Waals surface area contributed by atoms with Crippen LogP contribution in [0.5, 0.6) is 0 Å². The molecule has 0 atom stereocenters. The van der Waals surface area contributed by atoms with Gasteiger partial charge in [-0.15, -0.1) is 0 Å². The molecule has 0 aliphatic heterocycles. The SMILES string of the molecule is Cn1c(=O)oc2cc(C(=O)NCc3ccc(Cl)cc3)ccc21. The van der Waals surface area contributed by atoms with Gasteiger partial charge in [-0.2, -0.15) is 0 Å². The number of amides is 1. The molecule has 2 aromatic carbocycles. The van der Waals surface area contributed by atoms with Crippen LogP contribution in [0.15, 0.2) is 51.7 Å². The number of benzene rings is 2. The van der Waals surface area contributed by atoms with Crippen LogP contribution >= 0.6 is 11.6 Å². The predicted octanol–water partition coefficient (Wildman–Crippen LogP) is 2.71. The number of nitrogens with zero attached hydrogens (tertiary/aromatic N) is 1. The summed E-state index contributed by atoms with van der Waals surface area (Å²) in [6, 6.07) is 12.2. The van der Waals surface area contributed by atoms with Gasteiger partial charge in [0.1, 0.15) is 0 Å². The lowest BCUT2D eigenvalue weighted by Crippen LogP contribution is -2.22. The molecule has 3 rings (SSSR count). The van der Waals surface area contributed by atoms with Crippen molar-refractivity contribution in [1.29, 1.82) is 0 Å². The van der Waals surface area contributed by atoms with Crippen LogP contribution in [0.25, 0.3) is 11.1 Å². The highest BCUT2D eigenvalue weighted by atomic mass is 35.5. The summed E-state index contributed by atoms with van der Waals surface area (Å²) in [5.74, 6) is -0.683. The van der Waals surface area contributed by atoms with E-state index in [2.05, 4.69) is 5.32 Å². The van der Waals surface area contributed by atoms with Crippen molar-refractivity contribution in [3.63, 3.8) is 0 Å². The fraction of sp³-hybridized carbons (Fsp3) is 0.125. The zero-order valence-corrected chi connectivity index (χ0v) is 12.6. The average molecular weight is 317 g/mol. The van der Waals surface area contributed by atoms with Crippen LogP contribution in [0, 0.1) is 0 Å². The van der Waals surface area contributed by atoms with Crippen molar-refractivity contribution in [2.45, 2.75) is 6.54 Å². The van der Waals surface area contributed by atoms with Gasteiger partial charge in [0.15, 0.2) is 5.58 Å². The maximum absolute atomic E-state index is 12.2. The van der Waals surface area contributed by atoms with E-state index in [1.54, 1.807) is 37.4 Å². The monoisotopic (exact) mass is 316 g/mol. The third kappa shape index (κ3) is 2.76. The summed E-state index contributed by atoms with van der Waals surface area (Å²) in [5.41, 5.74) is 2.44. The lowest BCUT2D eigenvalue weighted by atomic mass is 10.1. The molecule has 0 radical (unpaired) electrons. The Morgan fingerprint density at radius 2 is 1.95 bits per heavy atom. The van der Waals surface area contributed by atoms with E-state index in [1.165, 1.54) is 4.57 Å². The first-order valence-electron chi connectivity index (χ1n) is 6.67. The third-order valence-corrected chi connectivity index (χ3v) is 3.67. The Kier molecular flexibility index (Phi) is 3.73. The number of hydrogen-bond acceptors (Lipinski definition) is 3. The molecular formula is C16H13ClN2O3. The number of carbonyl (C=O) groups is 1. The van der Waals surface area contributed by atoms with Gasteiger partial charge in [0.2, 0.25) is 0 Å². The number of aryl methyl sites for hydroxylation is 1. The van der Waals surface area contributed by atoms with E-state index in [0.29, 0.717) is 28.2 Å². The third-order valence-electron chi connectivity index (χ3n) is 3.42. The Balaban J connectivity index is 1.77. The number of fused-ring (bicyclic) bond motifs is 1. The van der Waals surface area contributed by atoms with Crippen LogP contribution in [0.4, 0.5) is 0 Å². The molecule has 0 unspecified atom stereocenters. The summed E-state index contributed by atoms with van der Waals surface area (Å²) in [6.07, 6.45) is 0. The zero-order chi connectivity index (χ0) is 15.7. The average Bonchev–Trinajstić information content (AvgIpc) is 2.80. The van der Waals surface area contributed by atoms with Crippen molar-refractivity contribution in [2.75, 3.05) is 0 Å². The number of hydrogen-bond donors (Lipinski definition) is 1. The number of rotatable bonds is 3. The number of halogens is 1. The van der Waals surface area contributed by atoms with E-state index >= 15 is 0 Å². The van der Waals surface area contributed by atoms with Gasteiger partial charge in [-0.05, 0) is 35.9 Å². The zero-order valence-electron chi connectivity index (χ0n) is 11.8. The van der Waals surface area contributed by atoms with Crippen molar-refractivity contribution in [3.8, 4) is 0 Å². The van der Waals surface area contributed by atoms with Gasteiger partial charge in [0, 0.05) is 24.2 Å².